The van der Waals surface area contributed by atoms with Crippen LogP contribution in [0.25, 0.3) is 53.9 Å². The van der Waals surface area contributed by atoms with Gasteiger partial charge in [-0.25, -0.2) is 0 Å². The summed E-state index contributed by atoms with van der Waals surface area (Å²) >= 11 is 0. The van der Waals surface area contributed by atoms with E-state index < -0.39 is 0 Å². The van der Waals surface area contributed by atoms with Gasteiger partial charge in [0.15, 0.2) is 0 Å². The zero-order valence-corrected chi connectivity index (χ0v) is 40.4. The van der Waals surface area contributed by atoms with E-state index in [0.29, 0.717) is 23.7 Å². The fourth-order valence-corrected chi connectivity index (χ4v) is 10.1. The SMILES string of the molecule is Cc1ccc(N(c2ccc(C(C)C)cc2)c2ccc3c(c2)c2cc(C(C)C)ccc2c2c4ccc(N(c5ccc(C)cc5)c5ccc(C(C)C)cc5)cc4c4cc(C(C)C)ccc4c32)cc1. The van der Waals surface area contributed by atoms with E-state index in [1.165, 1.54) is 87.2 Å². The average molecular weight is 859 g/mol. The monoisotopic (exact) mass is 858 g/mol. The topological polar surface area (TPSA) is 6.48 Å². The van der Waals surface area contributed by atoms with Crippen LogP contribution in [0.1, 0.15) is 112 Å². The lowest BCUT2D eigenvalue weighted by molar-refractivity contribution is 0.866. The third-order valence-corrected chi connectivity index (χ3v) is 14.1. The molecule has 2 nitrogen and oxygen atoms in total. The van der Waals surface area contributed by atoms with Crippen LogP contribution in [0.2, 0.25) is 0 Å². The largest absolute Gasteiger partial charge is 0.310 e. The van der Waals surface area contributed by atoms with Crippen LogP contribution in [0.5, 0.6) is 0 Å². The molecule has 0 N–H and O–H groups in total. The van der Waals surface area contributed by atoms with E-state index in [1.54, 1.807) is 0 Å². The molecule has 66 heavy (non-hydrogen) atoms. The summed E-state index contributed by atoms with van der Waals surface area (Å²) in [7, 11) is 0. The highest BCUT2D eigenvalue weighted by atomic mass is 15.1. The first-order valence-corrected chi connectivity index (χ1v) is 24.1. The number of rotatable bonds is 10. The van der Waals surface area contributed by atoms with Crippen molar-refractivity contribution >= 4 is 88.0 Å². The Kier molecular flexibility index (Phi) is 11.2. The molecule has 0 aliphatic heterocycles. The van der Waals surface area contributed by atoms with Crippen LogP contribution < -0.4 is 9.80 Å². The highest BCUT2D eigenvalue weighted by Crippen LogP contribution is 2.48. The van der Waals surface area contributed by atoms with Gasteiger partial charge in [-0.2, -0.15) is 0 Å². The van der Waals surface area contributed by atoms with Gasteiger partial charge in [0.1, 0.15) is 0 Å². The molecule has 0 amide bonds. The summed E-state index contributed by atoms with van der Waals surface area (Å²) in [4.78, 5) is 4.85. The molecule has 0 radical (unpaired) electrons. The normalized spacial score (nSPS) is 12.0. The second-order valence-corrected chi connectivity index (χ2v) is 20.0. The Bertz CT molecular complexity index is 3180. The minimum Gasteiger partial charge on any atom is -0.310 e. The van der Waals surface area contributed by atoms with Gasteiger partial charge in [-0.05, 0) is 186 Å². The molecule has 0 spiro atoms. The van der Waals surface area contributed by atoms with Crippen molar-refractivity contribution in [3.05, 3.63) is 203 Å². The molecule has 0 fully saturated rings. The zero-order chi connectivity index (χ0) is 46.0. The number of fused-ring (bicyclic) bond motifs is 11. The molecule has 0 aliphatic rings. The van der Waals surface area contributed by atoms with Crippen molar-refractivity contribution < 1.29 is 0 Å². The first-order chi connectivity index (χ1) is 31.8. The molecule has 0 aliphatic carbocycles. The lowest BCUT2D eigenvalue weighted by Gasteiger charge is -2.28. The summed E-state index contributed by atoms with van der Waals surface area (Å²) in [6.07, 6.45) is 0. The third-order valence-electron chi connectivity index (χ3n) is 14.1. The lowest BCUT2D eigenvalue weighted by atomic mass is 9.84. The van der Waals surface area contributed by atoms with Crippen LogP contribution in [-0.2, 0) is 0 Å². The van der Waals surface area contributed by atoms with E-state index in [2.05, 4.69) is 249 Å². The van der Waals surface area contributed by atoms with E-state index in [4.69, 9.17) is 0 Å². The smallest absolute Gasteiger partial charge is 0.0468 e. The number of nitrogens with zero attached hydrogens (tertiary/aromatic N) is 2. The highest BCUT2D eigenvalue weighted by molar-refractivity contribution is 6.40. The standard InChI is InChI=1S/C64H62N2/c1-39(2)45-15-25-51(26-16-45)65(49-21-11-43(9)12-22-49)53-29-33-57-61(37-53)59-35-47(41(5)6)19-31-55(59)64-58-34-30-54(38-62(58)60-36-48(42(7)8)20-32-56(60)63(57)64)66(50-23-13-44(10)14-24-50)52-27-17-46(18-28-52)40(3)4/h11-42H,1-10H3. The van der Waals surface area contributed by atoms with Crippen LogP contribution in [0, 0.1) is 13.8 Å². The molecule has 10 aromatic carbocycles. The van der Waals surface area contributed by atoms with Crippen LogP contribution in [0.4, 0.5) is 34.1 Å². The fraction of sp³-hybridized carbons (Fsp3) is 0.219. The summed E-state index contributed by atoms with van der Waals surface area (Å²) in [6, 6.07) is 65.2. The Labute approximate surface area is 392 Å². The minimum atomic E-state index is 0.388. The van der Waals surface area contributed by atoms with Gasteiger partial charge in [-0.3, -0.25) is 0 Å². The number of hydrogen-bond donors (Lipinski definition) is 0. The number of hydrogen-bond acceptors (Lipinski definition) is 2. The maximum Gasteiger partial charge on any atom is 0.0468 e. The van der Waals surface area contributed by atoms with Crippen molar-refractivity contribution in [2.45, 2.75) is 92.9 Å². The summed E-state index contributed by atoms with van der Waals surface area (Å²) in [5.74, 6) is 1.70. The van der Waals surface area contributed by atoms with Gasteiger partial charge in [0.25, 0.3) is 0 Å². The maximum absolute atomic E-state index is 2.48. The Morgan fingerprint density at radius 1 is 0.242 bits per heavy atom. The fourth-order valence-electron chi connectivity index (χ4n) is 10.1. The Hall–Kier alpha value is -6.90. The molecule has 0 bridgehead atoms. The van der Waals surface area contributed by atoms with Crippen LogP contribution >= 0.6 is 0 Å². The zero-order valence-electron chi connectivity index (χ0n) is 40.4. The molecule has 10 rings (SSSR count). The molecule has 0 heterocycles. The second kappa shape index (κ2) is 17.1. The first kappa shape index (κ1) is 43.0. The lowest BCUT2D eigenvalue weighted by Crippen LogP contribution is -2.10. The van der Waals surface area contributed by atoms with E-state index in [1.807, 2.05) is 0 Å². The van der Waals surface area contributed by atoms with Crippen molar-refractivity contribution in [1.29, 1.82) is 0 Å². The summed E-state index contributed by atoms with van der Waals surface area (Å²) in [5, 5.41) is 12.9. The van der Waals surface area contributed by atoms with Crippen molar-refractivity contribution in [1.82, 2.24) is 0 Å². The Morgan fingerprint density at radius 3 is 0.788 bits per heavy atom. The van der Waals surface area contributed by atoms with E-state index in [-0.39, 0.29) is 0 Å². The molecular weight excluding hydrogens is 797 g/mol. The predicted octanol–water partition coefficient (Wildman–Crippen LogP) is 19.5. The molecule has 0 saturated carbocycles. The van der Waals surface area contributed by atoms with E-state index >= 15 is 0 Å². The average Bonchev–Trinajstić information content (AvgIpc) is 3.32. The molecule has 0 aromatic heterocycles. The molecule has 0 saturated heterocycles. The van der Waals surface area contributed by atoms with Gasteiger partial charge in [-0.1, -0.05) is 164 Å². The van der Waals surface area contributed by atoms with E-state index in [0.717, 1.165) is 34.1 Å². The molecule has 328 valence electrons. The summed E-state index contributed by atoms with van der Waals surface area (Å²) in [6.45, 7) is 22.6. The molecule has 0 atom stereocenters. The molecule has 10 aromatic rings. The number of benzene rings is 10. The molecule has 2 heteroatoms. The van der Waals surface area contributed by atoms with E-state index in [9.17, 15) is 0 Å². The van der Waals surface area contributed by atoms with Crippen LogP contribution in [-0.4, -0.2) is 0 Å². The number of aryl methyl sites for hydroxylation is 2. The van der Waals surface area contributed by atoms with Gasteiger partial charge in [0.05, 0.1) is 0 Å². The van der Waals surface area contributed by atoms with Crippen LogP contribution in [0.15, 0.2) is 170 Å². The minimum absolute atomic E-state index is 0.388. The van der Waals surface area contributed by atoms with Crippen molar-refractivity contribution in [3.63, 3.8) is 0 Å². The molecular formula is C64H62N2. The van der Waals surface area contributed by atoms with Gasteiger partial charge in [-0.15, -0.1) is 0 Å². The quantitative estimate of drug-likeness (QED) is 0.126. The van der Waals surface area contributed by atoms with Gasteiger partial charge >= 0.3 is 0 Å². The van der Waals surface area contributed by atoms with Gasteiger partial charge in [0.2, 0.25) is 0 Å². The van der Waals surface area contributed by atoms with Crippen molar-refractivity contribution in [2.75, 3.05) is 9.80 Å². The van der Waals surface area contributed by atoms with Crippen molar-refractivity contribution in [2.24, 2.45) is 0 Å². The summed E-state index contributed by atoms with van der Waals surface area (Å²) < 4.78 is 0. The maximum atomic E-state index is 2.48. The molecule has 0 unspecified atom stereocenters. The highest BCUT2D eigenvalue weighted by Gasteiger charge is 2.22. The number of anilines is 6. The predicted molar refractivity (Wildman–Crippen MR) is 289 cm³/mol. The summed E-state index contributed by atoms with van der Waals surface area (Å²) in [5.41, 5.74) is 14.8. The van der Waals surface area contributed by atoms with Gasteiger partial charge in [0, 0.05) is 34.1 Å². The van der Waals surface area contributed by atoms with Gasteiger partial charge < -0.3 is 9.80 Å². The second-order valence-electron chi connectivity index (χ2n) is 20.0. The van der Waals surface area contributed by atoms with Crippen molar-refractivity contribution in [3.8, 4) is 0 Å². The first-order valence-electron chi connectivity index (χ1n) is 24.1. The Balaban J connectivity index is 1.29. The third kappa shape index (κ3) is 7.67. The van der Waals surface area contributed by atoms with Crippen LogP contribution in [0.3, 0.4) is 0 Å². The Morgan fingerprint density at radius 2 is 0.485 bits per heavy atom.